The summed E-state index contributed by atoms with van der Waals surface area (Å²) < 4.78 is 0. The van der Waals surface area contributed by atoms with Gasteiger partial charge in [0.2, 0.25) is 5.91 Å². The van der Waals surface area contributed by atoms with E-state index in [-0.39, 0.29) is 12.1 Å². The molecule has 2 atom stereocenters. The van der Waals surface area contributed by atoms with Crippen LogP contribution in [-0.2, 0) is 16.0 Å². The lowest BCUT2D eigenvalue weighted by Crippen LogP contribution is -2.69. The maximum absolute atomic E-state index is 14.3. The van der Waals surface area contributed by atoms with Crippen molar-refractivity contribution in [1.82, 2.24) is 5.32 Å². The lowest BCUT2D eigenvalue weighted by atomic mass is 9.66. The first-order valence-electron chi connectivity index (χ1n) is 11.2. The molecule has 5 rings (SSSR count). The predicted octanol–water partition coefficient (Wildman–Crippen LogP) is 3.99. The van der Waals surface area contributed by atoms with E-state index in [0.717, 1.165) is 10.5 Å². The van der Waals surface area contributed by atoms with Crippen LogP contribution in [0.1, 0.15) is 24.1 Å². The number of carbonyl (C=O) groups is 3. The molecule has 0 aliphatic carbocycles. The van der Waals surface area contributed by atoms with Crippen LogP contribution < -0.4 is 15.1 Å². The topological polar surface area (TPSA) is 113 Å². The van der Waals surface area contributed by atoms with Crippen LogP contribution in [0.2, 0.25) is 0 Å². The summed E-state index contributed by atoms with van der Waals surface area (Å²) in [6.07, 6.45) is -0.0959. The van der Waals surface area contributed by atoms with E-state index >= 15 is 0 Å². The molecule has 9 heteroatoms. The molecule has 9 nitrogen and oxygen atoms in total. The Bertz CT molecular complexity index is 1340. The van der Waals surface area contributed by atoms with Crippen LogP contribution in [0, 0.1) is 15.5 Å². The maximum Gasteiger partial charge on any atom is 0.335 e. The quantitative estimate of drug-likeness (QED) is 0.351. The molecule has 2 heterocycles. The summed E-state index contributed by atoms with van der Waals surface area (Å²) in [7, 11) is 0. The second-order valence-corrected chi connectivity index (χ2v) is 8.55. The Labute approximate surface area is 201 Å². The molecule has 1 N–H and O–H groups in total. The van der Waals surface area contributed by atoms with Gasteiger partial charge in [0.05, 0.1) is 16.7 Å². The third-order valence-corrected chi connectivity index (χ3v) is 6.71. The van der Waals surface area contributed by atoms with Crippen LogP contribution in [-0.4, -0.2) is 29.3 Å². The number of nitro groups is 1. The lowest BCUT2D eigenvalue weighted by molar-refractivity contribution is -0.384. The van der Waals surface area contributed by atoms with E-state index in [0.29, 0.717) is 23.5 Å². The van der Waals surface area contributed by atoms with Gasteiger partial charge in [0.1, 0.15) is 0 Å². The van der Waals surface area contributed by atoms with E-state index in [9.17, 15) is 24.5 Å². The number of para-hydroxylation sites is 1. The van der Waals surface area contributed by atoms with Gasteiger partial charge in [-0.15, -0.1) is 0 Å². The number of benzene rings is 3. The van der Waals surface area contributed by atoms with E-state index in [1.807, 2.05) is 42.2 Å². The first-order valence-corrected chi connectivity index (χ1v) is 11.2. The smallest absolute Gasteiger partial charge is 0.335 e. The van der Waals surface area contributed by atoms with Crippen molar-refractivity contribution in [1.29, 1.82) is 0 Å². The van der Waals surface area contributed by atoms with E-state index in [4.69, 9.17) is 0 Å². The fraction of sp³-hybridized carbons (Fsp3) is 0.192. The van der Waals surface area contributed by atoms with Crippen LogP contribution in [0.5, 0.6) is 0 Å². The Kier molecular flexibility index (Phi) is 5.32. The summed E-state index contributed by atoms with van der Waals surface area (Å²) in [6, 6.07) is 20.5. The lowest BCUT2D eigenvalue weighted by Gasteiger charge is -2.51. The van der Waals surface area contributed by atoms with Crippen molar-refractivity contribution < 1.29 is 19.3 Å². The van der Waals surface area contributed by atoms with Gasteiger partial charge >= 0.3 is 6.03 Å². The van der Waals surface area contributed by atoms with E-state index in [1.54, 1.807) is 36.4 Å². The summed E-state index contributed by atoms with van der Waals surface area (Å²) in [5, 5.41) is 13.9. The number of hydrogen-bond acceptors (Lipinski definition) is 6. The molecule has 0 saturated carbocycles. The third-order valence-electron chi connectivity index (χ3n) is 6.71. The van der Waals surface area contributed by atoms with Gasteiger partial charge in [0, 0.05) is 30.8 Å². The van der Waals surface area contributed by atoms with E-state index in [1.165, 1.54) is 12.1 Å². The van der Waals surface area contributed by atoms with Gasteiger partial charge in [0.15, 0.2) is 5.41 Å². The van der Waals surface area contributed by atoms with Gasteiger partial charge in [-0.1, -0.05) is 48.5 Å². The first kappa shape index (κ1) is 22.3. The summed E-state index contributed by atoms with van der Waals surface area (Å²) in [4.78, 5) is 54.8. The third kappa shape index (κ3) is 3.35. The Balaban J connectivity index is 1.77. The number of urea groups is 1. The summed E-state index contributed by atoms with van der Waals surface area (Å²) in [5.74, 6) is -1.38. The van der Waals surface area contributed by atoms with Gasteiger partial charge in [-0.05, 0) is 36.2 Å². The summed E-state index contributed by atoms with van der Waals surface area (Å²) in [5.41, 5.74) is 0.405. The number of hydrogen-bond donors (Lipinski definition) is 1. The molecule has 1 saturated heterocycles. The van der Waals surface area contributed by atoms with Gasteiger partial charge in [-0.25, -0.2) is 9.69 Å². The second-order valence-electron chi connectivity index (χ2n) is 8.55. The number of amides is 4. The highest BCUT2D eigenvalue weighted by Crippen LogP contribution is 2.52. The number of rotatable bonds is 4. The molecule has 3 aromatic carbocycles. The van der Waals surface area contributed by atoms with Crippen molar-refractivity contribution in [3.05, 3.63) is 100 Å². The highest BCUT2D eigenvalue weighted by atomic mass is 16.6. The summed E-state index contributed by atoms with van der Waals surface area (Å²) >= 11 is 0. The van der Waals surface area contributed by atoms with Gasteiger partial charge < -0.3 is 4.90 Å². The zero-order valence-corrected chi connectivity index (χ0v) is 18.9. The Morgan fingerprint density at radius 2 is 1.66 bits per heavy atom. The minimum absolute atomic E-state index is 0.0959. The number of fused-ring (bicyclic) bond motifs is 1. The molecular formula is C26H22N4O5. The number of non-ortho nitro benzene ring substituents is 1. The van der Waals surface area contributed by atoms with Crippen molar-refractivity contribution in [3.8, 4) is 0 Å². The molecule has 4 amide bonds. The predicted molar refractivity (Wildman–Crippen MR) is 129 cm³/mol. The van der Waals surface area contributed by atoms with Crippen molar-refractivity contribution in [2.24, 2.45) is 5.41 Å². The van der Waals surface area contributed by atoms with Crippen molar-refractivity contribution in [3.63, 3.8) is 0 Å². The highest BCUT2D eigenvalue weighted by Gasteiger charge is 2.62. The summed E-state index contributed by atoms with van der Waals surface area (Å²) in [6.45, 7) is 2.32. The number of imide groups is 2. The number of anilines is 2. The number of barbiturate groups is 1. The maximum atomic E-state index is 14.3. The number of nitro benzene ring substituents is 1. The minimum atomic E-state index is -1.73. The van der Waals surface area contributed by atoms with Crippen LogP contribution in [0.15, 0.2) is 78.9 Å². The molecular weight excluding hydrogens is 448 g/mol. The van der Waals surface area contributed by atoms with Gasteiger partial charge in [0.25, 0.3) is 11.6 Å². The van der Waals surface area contributed by atoms with Gasteiger partial charge in [-0.3, -0.25) is 25.0 Å². The Hall–Kier alpha value is -4.53. The SMILES string of the molecule is CCN1c2ccc([N+](=O)[O-])cc2C[C@@]2(C(=O)NC(=O)N(c3ccccc3)C2=O)[C@@H]1c1ccccc1. The van der Waals surface area contributed by atoms with Crippen molar-refractivity contribution in [2.45, 2.75) is 19.4 Å². The molecule has 1 fully saturated rings. The molecule has 1 spiro atoms. The molecule has 0 unspecified atom stereocenters. The van der Waals surface area contributed by atoms with Crippen LogP contribution in [0.25, 0.3) is 0 Å². The van der Waals surface area contributed by atoms with Gasteiger partial charge in [-0.2, -0.15) is 0 Å². The standard InChI is InChI=1S/C26H22N4O5/c1-2-28-21-14-13-20(30(34)35)15-18(21)16-26(22(28)17-9-5-3-6-10-17)23(31)27-25(33)29(24(26)32)19-11-7-4-8-12-19/h3-15,22H,2,16H2,1H3,(H,27,31,33)/t22-,26-/m0/s1. The normalized spacial score (nSPS) is 21.6. The molecule has 0 bridgehead atoms. The van der Waals surface area contributed by atoms with E-state index < -0.39 is 34.2 Å². The second kappa shape index (κ2) is 8.35. The molecule has 0 aromatic heterocycles. The van der Waals surface area contributed by atoms with E-state index in [2.05, 4.69) is 5.32 Å². The van der Waals surface area contributed by atoms with Crippen molar-refractivity contribution in [2.75, 3.05) is 16.3 Å². The molecule has 0 radical (unpaired) electrons. The number of carbonyl (C=O) groups excluding carboxylic acids is 3. The first-order chi connectivity index (χ1) is 16.9. The van der Waals surface area contributed by atoms with Crippen molar-refractivity contribution >= 4 is 34.9 Å². The highest BCUT2D eigenvalue weighted by molar-refractivity contribution is 6.30. The fourth-order valence-corrected chi connectivity index (χ4v) is 5.22. The molecule has 176 valence electrons. The van der Waals surface area contributed by atoms with Crippen LogP contribution >= 0.6 is 0 Å². The monoisotopic (exact) mass is 470 g/mol. The Morgan fingerprint density at radius 1 is 1.00 bits per heavy atom. The average Bonchev–Trinajstić information content (AvgIpc) is 2.87. The zero-order valence-electron chi connectivity index (χ0n) is 18.9. The van der Waals surface area contributed by atoms with Crippen LogP contribution in [0.4, 0.5) is 21.9 Å². The zero-order chi connectivity index (χ0) is 24.7. The van der Waals surface area contributed by atoms with Crippen LogP contribution in [0.3, 0.4) is 0 Å². The number of nitrogens with one attached hydrogen (secondary N) is 1. The largest absolute Gasteiger partial charge is 0.363 e. The average molecular weight is 470 g/mol. The molecule has 3 aromatic rings. The molecule has 2 aliphatic heterocycles. The fourth-order valence-electron chi connectivity index (χ4n) is 5.22. The minimum Gasteiger partial charge on any atom is -0.363 e. The number of nitrogens with zero attached hydrogens (tertiary/aromatic N) is 3. The molecule has 2 aliphatic rings. The molecule has 35 heavy (non-hydrogen) atoms. The Morgan fingerprint density at radius 3 is 2.29 bits per heavy atom.